The van der Waals surface area contributed by atoms with Gasteiger partial charge in [0.15, 0.2) is 0 Å². The molecule has 0 radical (unpaired) electrons. The van der Waals surface area contributed by atoms with Crippen molar-refractivity contribution in [2.75, 3.05) is 0 Å². The van der Waals surface area contributed by atoms with E-state index in [0.717, 1.165) is 12.0 Å². The van der Waals surface area contributed by atoms with Crippen molar-refractivity contribution < 1.29 is 9.50 Å². The molecule has 2 aromatic rings. The van der Waals surface area contributed by atoms with E-state index in [1.807, 2.05) is 19.1 Å². The maximum Gasteiger partial charge on any atom is 0.123 e. The third kappa shape index (κ3) is 2.50. The van der Waals surface area contributed by atoms with Crippen LogP contribution in [0.4, 0.5) is 4.39 Å². The molecule has 1 atom stereocenters. The van der Waals surface area contributed by atoms with Crippen LogP contribution in [0.5, 0.6) is 0 Å². The zero-order valence-corrected chi connectivity index (χ0v) is 9.60. The highest BCUT2D eigenvalue weighted by Gasteiger charge is 2.15. The molecular formula is C14H14FNO. The molecule has 88 valence electrons. The Kier molecular flexibility index (Phi) is 3.49. The highest BCUT2D eigenvalue weighted by Crippen LogP contribution is 2.23. The van der Waals surface area contributed by atoms with Gasteiger partial charge in [0.05, 0.1) is 5.69 Å². The number of rotatable bonds is 3. The van der Waals surface area contributed by atoms with E-state index in [1.54, 1.807) is 18.3 Å². The fraction of sp³-hybridized carbons (Fsp3) is 0.214. The first-order valence-corrected chi connectivity index (χ1v) is 5.59. The Balaban J connectivity index is 2.40. The van der Waals surface area contributed by atoms with Crippen molar-refractivity contribution in [2.45, 2.75) is 19.4 Å². The summed E-state index contributed by atoms with van der Waals surface area (Å²) in [5.74, 6) is -0.351. The minimum atomic E-state index is -0.873. The Morgan fingerprint density at radius 3 is 2.82 bits per heavy atom. The number of benzene rings is 1. The van der Waals surface area contributed by atoms with Gasteiger partial charge in [-0.1, -0.05) is 25.1 Å². The number of aryl methyl sites for hydroxylation is 1. The van der Waals surface area contributed by atoms with Crippen LogP contribution in [0.1, 0.15) is 29.8 Å². The fourth-order valence-corrected chi connectivity index (χ4v) is 1.83. The summed E-state index contributed by atoms with van der Waals surface area (Å²) in [4.78, 5) is 4.18. The van der Waals surface area contributed by atoms with Crippen LogP contribution in [0.15, 0.2) is 42.6 Å². The molecule has 3 heteroatoms. The molecule has 0 spiro atoms. The van der Waals surface area contributed by atoms with Crippen molar-refractivity contribution in [1.82, 2.24) is 4.98 Å². The first-order chi connectivity index (χ1) is 8.22. The molecule has 1 N–H and O–H groups in total. The molecule has 0 aliphatic carbocycles. The van der Waals surface area contributed by atoms with E-state index >= 15 is 0 Å². The number of pyridine rings is 1. The first-order valence-electron chi connectivity index (χ1n) is 5.59. The molecule has 1 aromatic carbocycles. The number of nitrogens with zero attached hydrogens (tertiary/aromatic N) is 1. The van der Waals surface area contributed by atoms with Crippen LogP contribution in [-0.2, 0) is 6.42 Å². The lowest BCUT2D eigenvalue weighted by Crippen LogP contribution is -2.06. The van der Waals surface area contributed by atoms with Gasteiger partial charge in [-0.2, -0.15) is 0 Å². The number of aromatic nitrogens is 1. The first kappa shape index (κ1) is 11.7. The molecule has 1 aromatic heterocycles. The molecule has 1 unspecified atom stereocenters. The smallest absolute Gasteiger partial charge is 0.123 e. The Morgan fingerprint density at radius 1 is 1.29 bits per heavy atom. The number of hydrogen-bond donors (Lipinski definition) is 1. The second-order valence-electron chi connectivity index (χ2n) is 3.86. The molecular weight excluding hydrogens is 217 g/mol. The summed E-state index contributed by atoms with van der Waals surface area (Å²) in [6, 6.07) is 9.73. The average molecular weight is 231 g/mol. The summed E-state index contributed by atoms with van der Waals surface area (Å²) in [5, 5.41) is 10.2. The quantitative estimate of drug-likeness (QED) is 0.881. The van der Waals surface area contributed by atoms with Crippen molar-refractivity contribution >= 4 is 0 Å². The summed E-state index contributed by atoms with van der Waals surface area (Å²) in [6.07, 6.45) is 1.55. The van der Waals surface area contributed by atoms with E-state index < -0.39 is 6.10 Å². The zero-order valence-electron chi connectivity index (χ0n) is 9.60. The lowest BCUT2D eigenvalue weighted by Gasteiger charge is -2.13. The van der Waals surface area contributed by atoms with E-state index in [1.165, 1.54) is 12.1 Å². The second-order valence-corrected chi connectivity index (χ2v) is 3.86. The van der Waals surface area contributed by atoms with Crippen LogP contribution in [0.25, 0.3) is 0 Å². The lowest BCUT2D eigenvalue weighted by atomic mass is 10.0. The van der Waals surface area contributed by atoms with E-state index in [2.05, 4.69) is 4.98 Å². The summed E-state index contributed by atoms with van der Waals surface area (Å²) in [6.45, 7) is 2.00. The fourth-order valence-electron chi connectivity index (χ4n) is 1.83. The van der Waals surface area contributed by atoms with Gasteiger partial charge in [0, 0.05) is 6.20 Å². The van der Waals surface area contributed by atoms with Crippen LogP contribution < -0.4 is 0 Å². The standard InChI is InChI=1S/C14H14FNO/c1-2-10-6-4-8-16-13(10)14(17)11-5-3-7-12(15)9-11/h3-9,14,17H,2H2,1H3. The minimum Gasteiger partial charge on any atom is -0.382 e. The van der Waals surface area contributed by atoms with Crippen molar-refractivity contribution in [2.24, 2.45) is 0 Å². The largest absolute Gasteiger partial charge is 0.382 e. The van der Waals surface area contributed by atoms with Gasteiger partial charge >= 0.3 is 0 Å². The van der Waals surface area contributed by atoms with Crippen LogP contribution >= 0.6 is 0 Å². The van der Waals surface area contributed by atoms with Crippen molar-refractivity contribution in [1.29, 1.82) is 0 Å². The molecule has 2 nitrogen and oxygen atoms in total. The van der Waals surface area contributed by atoms with Gasteiger partial charge in [0.2, 0.25) is 0 Å². The van der Waals surface area contributed by atoms with Gasteiger partial charge in [0.25, 0.3) is 0 Å². The van der Waals surface area contributed by atoms with Crippen LogP contribution in [-0.4, -0.2) is 10.1 Å². The predicted octanol–water partition coefficient (Wildman–Crippen LogP) is 2.86. The second kappa shape index (κ2) is 5.06. The minimum absolute atomic E-state index is 0.351. The Bertz CT molecular complexity index is 513. The van der Waals surface area contributed by atoms with E-state index in [-0.39, 0.29) is 5.82 Å². The summed E-state index contributed by atoms with van der Waals surface area (Å²) in [5.41, 5.74) is 2.10. The van der Waals surface area contributed by atoms with Gasteiger partial charge in [-0.3, -0.25) is 4.98 Å². The Hall–Kier alpha value is -1.74. The van der Waals surface area contributed by atoms with Crippen LogP contribution in [0.2, 0.25) is 0 Å². The molecule has 0 aliphatic heterocycles. The maximum atomic E-state index is 13.1. The monoisotopic (exact) mass is 231 g/mol. The topological polar surface area (TPSA) is 33.1 Å². The van der Waals surface area contributed by atoms with Gasteiger partial charge in [0.1, 0.15) is 11.9 Å². The third-order valence-electron chi connectivity index (χ3n) is 2.73. The van der Waals surface area contributed by atoms with Crippen LogP contribution in [0.3, 0.4) is 0 Å². The highest BCUT2D eigenvalue weighted by atomic mass is 19.1. The molecule has 0 fully saturated rings. The average Bonchev–Trinajstić information content (AvgIpc) is 2.38. The molecule has 0 saturated carbocycles. The molecule has 0 bridgehead atoms. The van der Waals surface area contributed by atoms with Crippen molar-refractivity contribution in [3.05, 3.63) is 65.2 Å². The van der Waals surface area contributed by atoms with Crippen LogP contribution in [0, 0.1) is 5.82 Å². The SMILES string of the molecule is CCc1cccnc1C(O)c1cccc(F)c1. The highest BCUT2D eigenvalue weighted by molar-refractivity contribution is 5.31. The number of halogens is 1. The Morgan fingerprint density at radius 2 is 2.12 bits per heavy atom. The van der Waals surface area contributed by atoms with E-state index in [4.69, 9.17) is 0 Å². The van der Waals surface area contributed by atoms with Gasteiger partial charge in [-0.05, 0) is 35.7 Å². The molecule has 2 rings (SSSR count). The maximum absolute atomic E-state index is 13.1. The van der Waals surface area contributed by atoms with Gasteiger partial charge in [-0.25, -0.2) is 4.39 Å². The molecule has 17 heavy (non-hydrogen) atoms. The van der Waals surface area contributed by atoms with E-state index in [9.17, 15) is 9.50 Å². The zero-order chi connectivity index (χ0) is 12.3. The van der Waals surface area contributed by atoms with Crippen molar-refractivity contribution in [3.63, 3.8) is 0 Å². The number of aliphatic hydroxyl groups is 1. The van der Waals surface area contributed by atoms with Crippen molar-refractivity contribution in [3.8, 4) is 0 Å². The van der Waals surface area contributed by atoms with E-state index in [0.29, 0.717) is 11.3 Å². The Labute approximate surface area is 99.8 Å². The summed E-state index contributed by atoms with van der Waals surface area (Å²) in [7, 11) is 0. The normalized spacial score (nSPS) is 12.4. The summed E-state index contributed by atoms with van der Waals surface area (Å²) < 4.78 is 13.1. The lowest BCUT2D eigenvalue weighted by molar-refractivity contribution is 0.213. The molecule has 0 saturated heterocycles. The van der Waals surface area contributed by atoms with Gasteiger partial charge in [-0.15, -0.1) is 0 Å². The summed E-state index contributed by atoms with van der Waals surface area (Å²) >= 11 is 0. The molecule has 0 amide bonds. The van der Waals surface area contributed by atoms with Gasteiger partial charge < -0.3 is 5.11 Å². The number of aliphatic hydroxyl groups excluding tert-OH is 1. The molecule has 1 heterocycles. The third-order valence-corrected chi connectivity index (χ3v) is 2.73. The number of hydrogen-bond acceptors (Lipinski definition) is 2. The molecule has 0 aliphatic rings. The predicted molar refractivity (Wildman–Crippen MR) is 64.1 cm³/mol.